The van der Waals surface area contributed by atoms with Crippen molar-refractivity contribution < 1.29 is 18.8 Å². The Morgan fingerprint density at radius 3 is 2.07 bits per heavy atom. The SMILES string of the molecule is Cc1cccc(C)c1NC(=O)CNC(=O)CNC(=O)NCc1ccc(F)cc1. The van der Waals surface area contributed by atoms with Crippen LogP contribution in [0, 0.1) is 19.7 Å². The van der Waals surface area contributed by atoms with Gasteiger partial charge in [0, 0.05) is 12.2 Å². The monoisotopic (exact) mass is 386 g/mol. The maximum absolute atomic E-state index is 12.8. The molecule has 0 bridgehead atoms. The third-order valence-electron chi connectivity index (χ3n) is 3.97. The number of amides is 4. The zero-order chi connectivity index (χ0) is 20.5. The molecule has 0 aliphatic heterocycles. The summed E-state index contributed by atoms with van der Waals surface area (Å²) in [6.07, 6.45) is 0. The molecule has 4 amide bonds. The van der Waals surface area contributed by atoms with Gasteiger partial charge in [-0.1, -0.05) is 30.3 Å². The van der Waals surface area contributed by atoms with E-state index in [1.165, 1.54) is 12.1 Å². The summed E-state index contributed by atoms with van der Waals surface area (Å²) in [5, 5.41) is 10.1. The van der Waals surface area contributed by atoms with Gasteiger partial charge in [-0.05, 0) is 42.7 Å². The van der Waals surface area contributed by atoms with Crippen LogP contribution in [-0.2, 0) is 16.1 Å². The summed E-state index contributed by atoms with van der Waals surface area (Å²) in [7, 11) is 0. The first-order valence-corrected chi connectivity index (χ1v) is 8.74. The van der Waals surface area contributed by atoms with E-state index in [0.29, 0.717) is 0 Å². The van der Waals surface area contributed by atoms with E-state index in [1.807, 2.05) is 32.0 Å². The summed E-state index contributed by atoms with van der Waals surface area (Å²) in [5.74, 6) is -1.20. The molecule has 28 heavy (non-hydrogen) atoms. The molecule has 7 nitrogen and oxygen atoms in total. The molecule has 0 spiro atoms. The van der Waals surface area contributed by atoms with Crippen LogP contribution in [-0.4, -0.2) is 30.9 Å². The lowest BCUT2D eigenvalue weighted by Crippen LogP contribution is -2.43. The molecule has 0 fully saturated rings. The fraction of sp³-hybridized carbons (Fsp3) is 0.250. The van der Waals surface area contributed by atoms with Gasteiger partial charge in [0.1, 0.15) is 5.82 Å². The van der Waals surface area contributed by atoms with Crippen molar-refractivity contribution in [2.75, 3.05) is 18.4 Å². The summed E-state index contributed by atoms with van der Waals surface area (Å²) in [6, 6.07) is 10.8. The molecule has 0 saturated heterocycles. The lowest BCUT2D eigenvalue weighted by molar-refractivity contribution is -0.123. The van der Waals surface area contributed by atoms with Crippen molar-refractivity contribution in [3.63, 3.8) is 0 Å². The molecule has 8 heteroatoms. The predicted octanol–water partition coefficient (Wildman–Crippen LogP) is 2.00. The molecule has 0 saturated carbocycles. The molecular formula is C20H23FN4O3. The second kappa shape index (κ2) is 10.1. The normalized spacial score (nSPS) is 10.1. The van der Waals surface area contributed by atoms with Crippen LogP contribution in [0.25, 0.3) is 0 Å². The minimum Gasteiger partial charge on any atom is -0.345 e. The van der Waals surface area contributed by atoms with Gasteiger partial charge in [0.05, 0.1) is 13.1 Å². The number of carbonyl (C=O) groups is 3. The van der Waals surface area contributed by atoms with Crippen molar-refractivity contribution in [2.45, 2.75) is 20.4 Å². The number of nitrogens with one attached hydrogen (secondary N) is 4. The highest BCUT2D eigenvalue weighted by Crippen LogP contribution is 2.18. The summed E-state index contributed by atoms with van der Waals surface area (Å²) < 4.78 is 12.8. The summed E-state index contributed by atoms with van der Waals surface area (Å²) in [4.78, 5) is 35.5. The van der Waals surface area contributed by atoms with Gasteiger partial charge >= 0.3 is 6.03 Å². The number of hydrogen-bond donors (Lipinski definition) is 4. The van der Waals surface area contributed by atoms with Gasteiger partial charge in [-0.25, -0.2) is 9.18 Å². The van der Waals surface area contributed by atoms with E-state index in [0.717, 1.165) is 22.4 Å². The second-order valence-electron chi connectivity index (χ2n) is 6.25. The highest BCUT2D eigenvalue weighted by Gasteiger charge is 2.10. The molecule has 0 heterocycles. The number of hydrogen-bond acceptors (Lipinski definition) is 3. The van der Waals surface area contributed by atoms with E-state index in [1.54, 1.807) is 12.1 Å². The third-order valence-corrected chi connectivity index (χ3v) is 3.97. The van der Waals surface area contributed by atoms with Crippen LogP contribution in [0.15, 0.2) is 42.5 Å². The summed E-state index contributed by atoms with van der Waals surface area (Å²) in [5.41, 5.74) is 3.31. The quantitative estimate of drug-likeness (QED) is 0.586. The number of aryl methyl sites for hydroxylation is 2. The lowest BCUT2D eigenvalue weighted by Gasteiger charge is -2.12. The zero-order valence-electron chi connectivity index (χ0n) is 15.8. The van der Waals surface area contributed by atoms with Crippen molar-refractivity contribution in [3.05, 3.63) is 65.0 Å². The fourth-order valence-corrected chi connectivity index (χ4v) is 2.44. The number of carbonyl (C=O) groups excluding carboxylic acids is 3. The van der Waals surface area contributed by atoms with Crippen LogP contribution in [0.3, 0.4) is 0 Å². The van der Waals surface area contributed by atoms with Gasteiger partial charge in [0.2, 0.25) is 11.8 Å². The van der Waals surface area contributed by atoms with Gasteiger partial charge in [-0.2, -0.15) is 0 Å². The number of para-hydroxylation sites is 1. The molecule has 0 aromatic heterocycles. The second-order valence-corrected chi connectivity index (χ2v) is 6.25. The van der Waals surface area contributed by atoms with E-state index in [4.69, 9.17) is 0 Å². The molecule has 0 aliphatic rings. The van der Waals surface area contributed by atoms with Gasteiger partial charge in [0.15, 0.2) is 0 Å². The first kappa shape index (κ1) is 20.9. The highest BCUT2D eigenvalue weighted by molar-refractivity contribution is 5.96. The van der Waals surface area contributed by atoms with Crippen LogP contribution in [0.4, 0.5) is 14.9 Å². The van der Waals surface area contributed by atoms with Gasteiger partial charge in [-0.15, -0.1) is 0 Å². The first-order chi connectivity index (χ1) is 13.3. The van der Waals surface area contributed by atoms with E-state index >= 15 is 0 Å². The molecule has 0 atom stereocenters. The van der Waals surface area contributed by atoms with Crippen LogP contribution >= 0.6 is 0 Å². The topological polar surface area (TPSA) is 99.3 Å². The molecule has 0 unspecified atom stereocenters. The van der Waals surface area contributed by atoms with E-state index in [2.05, 4.69) is 21.3 Å². The van der Waals surface area contributed by atoms with Crippen molar-refractivity contribution in [2.24, 2.45) is 0 Å². The van der Waals surface area contributed by atoms with Crippen LogP contribution in [0.5, 0.6) is 0 Å². The Morgan fingerprint density at radius 1 is 0.821 bits per heavy atom. The smallest absolute Gasteiger partial charge is 0.315 e. The maximum Gasteiger partial charge on any atom is 0.315 e. The number of rotatable bonds is 7. The Kier molecular flexibility index (Phi) is 7.50. The van der Waals surface area contributed by atoms with Gasteiger partial charge in [-0.3, -0.25) is 9.59 Å². The van der Waals surface area contributed by atoms with Crippen molar-refractivity contribution in [1.29, 1.82) is 0 Å². The van der Waals surface area contributed by atoms with Crippen molar-refractivity contribution in [3.8, 4) is 0 Å². The largest absolute Gasteiger partial charge is 0.345 e. The van der Waals surface area contributed by atoms with Crippen LogP contribution < -0.4 is 21.3 Å². The van der Waals surface area contributed by atoms with E-state index in [-0.39, 0.29) is 31.4 Å². The standard InChI is InChI=1S/C20H23FN4O3/c1-13-4-3-5-14(2)19(13)25-18(27)12-22-17(26)11-24-20(28)23-10-15-6-8-16(21)9-7-15/h3-9H,10-12H2,1-2H3,(H,22,26)(H,25,27)(H2,23,24,28). The van der Waals surface area contributed by atoms with Crippen LogP contribution in [0.1, 0.15) is 16.7 Å². The van der Waals surface area contributed by atoms with Gasteiger partial charge < -0.3 is 21.3 Å². The minimum atomic E-state index is -0.542. The molecule has 0 radical (unpaired) electrons. The molecule has 148 valence electrons. The number of anilines is 1. The average Bonchev–Trinajstić information content (AvgIpc) is 2.67. The van der Waals surface area contributed by atoms with Crippen molar-refractivity contribution >= 4 is 23.5 Å². The van der Waals surface area contributed by atoms with E-state index in [9.17, 15) is 18.8 Å². The third kappa shape index (κ3) is 6.71. The summed E-state index contributed by atoms with van der Waals surface area (Å²) in [6.45, 7) is 3.49. The summed E-state index contributed by atoms with van der Waals surface area (Å²) >= 11 is 0. The molecule has 4 N–H and O–H groups in total. The average molecular weight is 386 g/mol. The predicted molar refractivity (Wildman–Crippen MR) is 104 cm³/mol. The Hall–Kier alpha value is -3.42. The highest BCUT2D eigenvalue weighted by atomic mass is 19.1. The Morgan fingerprint density at radius 2 is 1.43 bits per heavy atom. The molecular weight excluding hydrogens is 363 g/mol. The molecule has 2 rings (SSSR count). The number of benzene rings is 2. The number of halogens is 1. The lowest BCUT2D eigenvalue weighted by atomic mass is 10.1. The first-order valence-electron chi connectivity index (χ1n) is 8.74. The zero-order valence-corrected chi connectivity index (χ0v) is 15.8. The van der Waals surface area contributed by atoms with Crippen LogP contribution in [0.2, 0.25) is 0 Å². The molecule has 0 aliphatic carbocycles. The Bertz CT molecular complexity index is 833. The fourth-order valence-electron chi connectivity index (χ4n) is 2.44. The Labute approximate surface area is 162 Å². The van der Waals surface area contributed by atoms with E-state index < -0.39 is 11.9 Å². The minimum absolute atomic E-state index is 0.200. The Balaban J connectivity index is 1.67. The maximum atomic E-state index is 12.8. The molecule has 2 aromatic rings. The van der Waals surface area contributed by atoms with Gasteiger partial charge in [0.25, 0.3) is 0 Å². The molecule has 2 aromatic carbocycles. The number of urea groups is 1. The van der Waals surface area contributed by atoms with Crippen molar-refractivity contribution in [1.82, 2.24) is 16.0 Å².